The van der Waals surface area contributed by atoms with E-state index in [0.29, 0.717) is 0 Å². The number of alkyl carbamates (subject to hydrolysis) is 1. The van der Waals surface area contributed by atoms with Crippen molar-refractivity contribution >= 4 is 6.09 Å². The van der Waals surface area contributed by atoms with E-state index in [1.54, 1.807) is 0 Å². The van der Waals surface area contributed by atoms with Gasteiger partial charge in [-0.3, -0.25) is 0 Å². The van der Waals surface area contributed by atoms with Crippen molar-refractivity contribution in [3.63, 3.8) is 0 Å². The first-order valence-corrected chi connectivity index (χ1v) is 8.00. The van der Waals surface area contributed by atoms with Crippen LogP contribution in [-0.4, -0.2) is 11.7 Å². The SMILES string of the molecule is CCCc1ccc2c(c1)CCC[C@H]2NC(=O)OC(C)(C)C. The quantitative estimate of drug-likeness (QED) is 0.887. The van der Waals surface area contributed by atoms with E-state index in [0.717, 1.165) is 25.7 Å². The van der Waals surface area contributed by atoms with E-state index in [2.05, 4.69) is 30.4 Å². The Morgan fingerprint density at radius 3 is 2.81 bits per heavy atom. The van der Waals surface area contributed by atoms with Gasteiger partial charge in [0, 0.05) is 0 Å². The highest BCUT2D eigenvalue weighted by Crippen LogP contribution is 2.31. The summed E-state index contributed by atoms with van der Waals surface area (Å²) in [7, 11) is 0. The van der Waals surface area contributed by atoms with Crippen molar-refractivity contribution in [3.8, 4) is 0 Å². The molecule has 0 fully saturated rings. The van der Waals surface area contributed by atoms with Crippen molar-refractivity contribution in [2.24, 2.45) is 0 Å². The van der Waals surface area contributed by atoms with E-state index >= 15 is 0 Å². The predicted molar refractivity (Wildman–Crippen MR) is 85.5 cm³/mol. The fourth-order valence-corrected chi connectivity index (χ4v) is 2.91. The molecular weight excluding hydrogens is 262 g/mol. The molecule has 0 spiro atoms. The monoisotopic (exact) mass is 289 g/mol. The zero-order chi connectivity index (χ0) is 15.5. The van der Waals surface area contributed by atoms with Gasteiger partial charge in [-0.1, -0.05) is 31.5 Å². The van der Waals surface area contributed by atoms with E-state index in [4.69, 9.17) is 4.74 Å². The van der Waals surface area contributed by atoms with Gasteiger partial charge in [0.1, 0.15) is 5.60 Å². The van der Waals surface area contributed by atoms with Crippen LogP contribution in [0.2, 0.25) is 0 Å². The Balaban J connectivity index is 2.09. The molecule has 1 N–H and O–H groups in total. The summed E-state index contributed by atoms with van der Waals surface area (Å²) in [6, 6.07) is 6.76. The molecule has 3 nitrogen and oxygen atoms in total. The largest absolute Gasteiger partial charge is 0.444 e. The summed E-state index contributed by atoms with van der Waals surface area (Å²) in [4.78, 5) is 12.0. The predicted octanol–water partition coefficient (Wildman–Crippen LogP) is 4.54. The Bertz CT molecular complexity index is 502. The summed E-state index contributed by atoms with van der Waals surface area (Å²) < 4.78 is 5.37. The minimum Gasteiger partial charge on any atom is -0.444 e. The number of ether oxygens (including phenoxy) is 1. The molecule has 1 aromatic carbocycles. The van der Waals surface area contributed by atoms with Crippen LogP contribution in [0.4, 0.5) is 4.79 Å². The third-order valence-electron chi connectivity index (χ3n) is 3.75. The molecule has 2 rings (SSSR count). The molecule has 0 unspecified atom stereocenters. The smallest absolute Gasteiger partial charge is 0.408 e. The highest BCUT2D eigenvalue weighted by molar-refractivity contribution is 5.68. The Morgan fingerprint density at radius 1 is 1.38 bits per heavy atom. The lowest BCUT2D eigenvalue weighted by atomic mass is 9.86. The molecular formula is C18H27NO2. The average Bonchev–Trinajstić information content (AvgIpc) is 2.37. The second-order valence-corrected chi connectivity index (χ2v) is 6.87. The van der Waals surface area contributed by atoms with Gasteiger partial charge in [0.2, 0.25) is 0 Å². The van der Waals surface area contributed by atoms with Crippen molar-refractivity contribution in [2.75, 3.05) is 0 Å². The Morgan fingerprint density at radius 2 is 2.14 bits per heavy atom. The van der Waals surface area contributed by atoms with Crippen LogP contribution in [-0.2, 0) is 17.6 Å². The average molecular weight is 289 g/mol. The third kappa shape index (κ3) is 4.48. The number of carbonyl (C=O) groups is 1. The number of rotatable bonds is 3. The van der Waals surface area contributed by atoms with Crippen LogP contribution in [0.3, 0.4) is 0 Å². The summed E-state index contributed by atoms with van der Waals surface area (Å²) in [6.45, 7) is 7.86. The summed E-state index contributed by atoms with van der Waals surface area (Å²) in [5.74, 6) is 0. The van der Waals surface area contributed by atoms with Crippen LogP contribution >= 0.6 is 0 Å². The van der Waals surface area contributed by atoms with Crippen molar-refractivity contribution in [2.45, 2.75) is 71.4 Å². The van der Waals surface area contributed by atoms with Crippen LogP contribution in [0.5, 0.6) is 0 Å². The summed E-state index contributed by atoms with van der Waals surface area (Å²) in [5.41, 5.74) is 3.58. The number of benzene rings is 1. The van der Waals surface area contributed by atoms with E-state index in [-0.39, 0.29) is 12.1 Å². The normalized spacial score (nSPS) is 18.0. The number of fused-ring (bicyclic) bond motifs is 1. The van der Waals surface area contributed by atoms with Crippen molar-refractivity contribution in [1.29, 1.82) is 0 Å². The molecule has 1 atom stereocenters. The lowest BCUT2D eigenvalue weighted by Gasteiger charge is -2.28. The lowest BCUT2D eigenvalue weighted by Crippen LogP contribution is -2.36. The Hall–Kier alpha value is -1.51. The van der Waals surface area contributed by atoms with Crippen molar-refractivity contribution in [3.05, 3.63) is 34.9 Å². The lowest BCUT2D eigenvalue weighted by molar-refractivity contribution is 0.0498. The van der Waals surface area contributed by atoms with Crippen LogP contribution in [0.1, 0.15) is 69.7 Å². The summed E-state index contributed by atoms with van der Waals surface area (Å²) in [5, 5.41) is 3.02. The zero-order valence-electron chi connectivity index (χ0n) is 13.7. The molecule has 116 valence electrons. The van der Waals surface area contributed by atoms with Crippen LogP contribution in [0, 0.1) is 0 Å². The second kappa shape index (κ2) is 6.50. The fraction of sp³-hybridized carbons (Fsp3) is 0.611. The number of hydrogen-bond donors (Lipinski definition) is 1. The zero-order valence-corrected chi connectivity index (χ0v) is 13.7. The maximum Gasteiger partial charge on any atom is 0.408 e. The van der Waals surface area contributed by atoms with Crippen molar-refractivity contribution < 1.29 is 9.53 Å². The van der Waals surface area contributed by atoms with Crippen LogP contribution < -0.4 is 5.32 Å². The van der Waals surface area contributed by atoms with Gasteiger partial charge in [-0.2, -0.15) is 0 Å². The molecule has 1 aromatic rings. The maximum atomic E-state index is 12.0. The van der Waals surface area contributed by atoms with Gasteiger partial charge in [0.25, 0.3) is 0 Å². The van der Waals surface area contributed by atoms with E-state index in [1.807, 2.05) is 20.8 Å². The molecule has 1 aliphatic carbocycles. The first-order valence-electron chi connectivity index (χ1n) is 8.00. The summed E-state index contributed by atoms with van der Waals surface area (Å²) in [6.07, 6.45) is 5.18. The molecule has 21 heavy (non-hydrogen) atoms. The van der Waals surface area contributed by atoms with Crippen LogP contribution in [0.15, 0.2) is 18.2 Å². The highest BCUT2D eigenvalue weighted by atomic mass is 16.6. The van der Waals surface area contributed by atoms with Crippen molar-refractivity contribution in [1.82, 2.24) is 5.32 Å². The standard InChI is InChI=1S/C18H27NO2/c1-5-7-13-10-11-15-14(12-13)8-6-9-16(15)19-17(20)21-18(2,3)4/h10-12,16H,5-9H2,1-4H3,(H,19,20)/t16-/m1/s1. The topological polar surface area (TPSA) is 38.3 Å². The third-order valence-corrected chi connectivity index (χ3v) is 3.75. The fourth-order valence-electron chi connectivity index (χ4n) is 2.91. The molecule has 0 saturated heterocycles. The van der Waals surface area contributed by atoms with Gasteiger partial charge in [-0.05, 0) is 63.1 Å². The van der Waals surface area contributed by atoms with Gasteiger partial charge < -0.3 is 10.1 Å². The van der Waals surface area contributed by atoms with Gasteiger partial charge in [0.05, 0.1) is 6.04 Å². The number of amides is 1. The molecule has 0 bridgehead atoms. The Kier molecular flexibility index (Phi) is 4.92. The highest BCUT2D eigenvalue weighted by Gasteiger charge is 2.24. The molecule has 0 aromatic heterocycles. The molecule has 0 heterocycles. The molecule has 1 amide bonds. The van der Waals surface area contributed by atoms with E-state index in [1.165, 1.54) is 23.1 Å². The molecule has 0 saturated carbocycles. The second-order valence-electron chi connectivity index (χ2n) is 6.87. The number of nitrogens with one attached hydrogen (secondary N) is 1. The molecule has 0 aliphatic heterocycles. The van der Waals surface area contributed by atoms with E-state index < -0.39 is 5.60 Å². The van der Waals surface area contributed by atoms with Crippen LogP contribution in [0.25, 0.3) is 0 Å². The first kappa shape index (κ1) is 15.9. The molecule has 0 radical (unpaired) electrons. The Labute approximate surface area is 128 Å². The maximum absolute atomic E-state index is 12.0. The molecule has 3 heteroatoms. The summed E-state index contributed by atoms with van der Waals surface area (Å²) >= 11 is 0. The molecule has 1 aliphatic rings. The van der Waals surface area contributed by atoms with E-state index in [9.17, 15) is 4.79 Å². The van der Waals surface area contributed by atoms with Gasteiger partial charge in [-0.15, -0.1) is 0 Å². The first-order chi connectivity index (χ1) is 9.89. The number of carbonyl (C=O) groups excluding carboxylic acids is 1. The van der Waals surface area contributed by atoms with Gasteiger partial charge in [-0.25, -0.2) is 4.79 Å². The number of aryl methyl sites for hydroxylation is 2. The van der Waals surface area contributed by atoms with Gasteiger partial charge in [0.15, 0.2) is 0 Å². The number of hydrogen-bond acceptors (Lipinski definition) is 2. The minimum absolute atomic E-state index is 0.0827. The minimum atomic E-state index is -0.452. The van der Waals surface area contributed by atoms with Gasteiger partial charge >= 0.3 is 6.09 Å².